The van der Waals surface area contributed by atoms with Crippen molar-refractivity contribution in [2.75, 3.05) is 0 Å². The summed E-state index contributed by atoms with van der Waals surface area (Å²) in [6.45, 7) is 1.84. The first-order chi connectivity index (χ1) is 8.69. The third-order valence-corrected chi connectivity index (χ3v) is 3.03. The van der Waals surface area contributed by atoms with E-state index >= 15 is 0 Å². The van der Waals surface area contributed by atoms with Crippen molar-refractivity contribution in [2.24, 2.45) is 10.9 Å². The van der Waals surface area contributed by atoms with Crippen LogP contribution < -0.4 is 5.73 Å². The van der Waals surface area contributed by atoms with E-state index in [2.05, 4.69) is 15.1 Å². The fourth-order valence-corrected chi connectivity index (χ4v) is 2.20. The van der Waals surface area contributed by atoms with Gasteiger partial charge in [-0.2, -0.15) is 0 Å². The summed E-state index contributed by atoms with van der Waals surface area (Å²) >= 11 is 1.43. The maximum absolute atomic E-state index is 8.66. The van der Waals surface area contributed by atoms with Crippen LogP contribution in [-0.4, -0.2) is 21.0 Å². The van der Waals surface area contributed by atoms with E-state index in [4.69, 9.17) is 10.9 Å². The Kier molecular flexibility index (Phi) is 3.78. The van der Waals surface area contributed by atoms with Gasteiger partial charge in [0.05, 0.1) is 0 Å². The van der Waals surface area contributed by atoms with Gasteiger partial charge in [-0.15, -0.1) is 0 Å². The van der Waals surface area contributed by atoms with Crippen molar-refractivity contribution in [3.05, 3.63) is 47.8 Å². The van der Waals surface area contributed by atoms with Crippen molar-refractivity contribution in [1.29, 1.82) is 0 Å². The topological polar surface area (TPSA) is 84.4 Å². The highest BCUT2D eigenvalue weighted by Crippen LogP contribution is 2.24. The Morgan fingerprint density at radius 3 is 2.67 bits per heavy atom. The Labute approximate surface area is 109 Å². The van der Waals surface area contributed by atoms with Crippen LogP contribution in [0.25, 0.3) is 0 Å². The molecule has 6 heteroatoms. The van der Waals surface area contributed by atoms with Gasteiger partial charge in [-0.25, -0.2) is 9.97 Å². The third-order valence-electron chi connectivity index (χ3n) is 2.16. The van der Waals surface area contributed by atoms with E-state index in [0.29, 0.717) is 10.9 Å². The Hall–Kier alpha value is -2.08. The second-order valence-electron chi connectivity index (χ2n) is 3.58. The van der Waals surface area contributed by atoms with Gasteiger partial charge in [0.15, 0.2) is 11.0 Å². The first-order valence-corrected chi connectivity index (χ1v) is 6.07. The molecule has 0 radical (unpaired) electrons. The maximum Gasteiger partial charge on any atom is 0.193 e. The van der Waals surface area contributed by atoms with Gasteiger partial charge in [0.1, 0.15) is 5.69 Å². The van der Waals surface area contributed by atoms with Crippen LogP contribution in [0.5, 0.6) is 0 Å². The number of aromatic nitrogens is 2. The highest BCUT2D eigenvalue weighted by Gasteiger charge is 2.07. The van der Waals surface area contributed by atoms with Crippen LogP contribution >= 0.6 is 11.8 Å². The molecule has 0 fully saturated rings. The normalized spacial score (nSPS) is 11.5. The summed E-state index contributed by atoms with van der Waals surface area (Å²) in [5, 5.41) is 12.2. The smallest absolute Gasteiger partial charge is 0.193 e. The van der Waals surface area contributed by atoms with Crippen LogP contribution in [0, 0.1) is 6.92 Å². The van der Waals surface area contributed by atoms with Crippen LogP contribution in [0.4, 0.5) is 0 Å². The highest BCUT2D eigenvalue weighted by molar-refractivity contribution is 7.99. The number of oxime groups is 1. The van der Waals surface area contributed by atoms with E-state index in [1.807, 2.05) is 37.3 Å². The molecule has 0 aliphatic heterocycles. The lowest BCUT2D eigenvalue weighted by Crippen LogP contribution is -2.16. The molecule has 0 aliphatic rings. The second-order valence-corrected chi connectivity index (χ2v) is 4.62. The molecule has 92 valence electrons. The van der Waals surface area contributed by atoms with Gasteiger partial charge < -0.3 is 10.9 Å². The molecule has 0 bridgehead atoms. The average molecular weight is 260 g/mol. The molecular formula is C12H12N4OS. The van der Waals surface area contributed by atoms with Crippen molar-refractivity contribution < 1.29 is 5.21 Å². The van der Waals surface area contributed by atoms with E-state index in [0.717, 1.165) is 10.6 Å². The molecule has 18 heavy (non-hydrogen) atoms. The van der Waals surface area contributed by atoms with Gasteiger partial charge in [-0.05, 0) is 36.9 Å². The minimum atomic E-state index is -0.0181. The van der Waals surface area contributed by atoms with Crippen LogP contribution in [0.15, 0.2) is 51.6 Å². The second kappa shape index (κ2) is 5.50. The number of rotatable bonds is 3. The molecule has 0 atom stereocenters. The molecule has 0 aliphatic carbocycles. The molecule has 3 N–H and O–H groups in total. The third kappa shape index (κ3) is 2.98. The van der Waals surface area contributed by atoms with E-state index in [1.54, 1.807) is 6.07 Å². The molecule has 0 saturated carbocycles. The Morgan fingerprint density at radius 2 is 2.00 bits per heavy atom. The number of hydrogen-bond acceptors (Lipinski definition) is 5. The number of nitrogens with zero attached hydrogens (tertiary/aromatic N) is 3. The zero-order valence-corrected chi connectivity index (χ0v) is 10.6. The molecule has 1 heterocycles. The van der Waals surface area contributed by atoms with Crippen molar-refractivity contribution >= 4 is 17.6 Å². The van der Waals surface area contributed by atoms with Crippen molar-refractivity contribution in [2.45, 2.75) is 17.0 Å². The molecule has 1 aromatic heterocycles. The summed E-state index contributed by atoms with van der Waals surface area (Å²) in [5.74, 6) is -0.0181. The quantitative estimate of drug-likeness (QED) is 0.290. The lowest BCUT2D eigenvalue weighted by Gasteiger charge is -2.04. The zero-order chi connectivity index (χ0) is 13.0. The Balaban J connectivity index is 2.31. The standard InChI is InChI=1S/C12H12N4OS/c1-8-7-10(11(13)16-17)15-12(14-8)18-9-5-3-2-4-6-9/h2-7,17H,1H3,(H2,13,16). The average Bonchev–Trinajstić information content (AvgIpc) is 2.38. The van der Waals surface area contributed by atoms with Crippen LogP contribution in [0.1, 0.15) is 11.4 Å². The molecule has 0 spiro atoms. The lowest BCUT2D eigenvalue weighted by molar-refractivity contribution is 0.318. The number of benzene rings is 1. The predicted octanol–water partition coefficient (Wildman–Crippen LogP) is 2.03. The summed E-state index contributed by atoms with van der Waals surface area (Å²) in [7, 11) is 0. The molecule has 5 nitrogen and oxygen atoms in total. The molecule has 0 unspecified atom stereocenters. The number of hydrogen-bond donors (Lipinski definition) is 2. The van der Waals surface area contributed by atoms with Gasteiger partial charge >= 0.3 is 0 Å². The van der Waals surface area contributed by atoms with Crippen molar-refractivity contribution in [1.82, 2.24) is 9.97 Å². The molecule has 2 rings (SSSR count). The number of aryl methyl sites for hydroxylation is 1. The summed E-state index contributed by atoms with van der Waals surface area (Å²) in [6, 6.07) is 11.5. The van der Waals surface area contributed by atoms with Gasteiger partial charge in [-0.1, -0.05) is 23.4 Å². The minimum absolute atomic E-state index is 0.0181. The monoisotopic (exact) mass is 260 g/mol. The van der Waals surface area contributed by atoms with Crippen molar-refractivity contribution in [3.63, 3.8) is 0 Å². The summed E-state index contributed by atoms with van der Waals surface area (Å²) in [6.07, 6.45) is 0. The largest absolute Gasteiger partial charge is 0.409 e. The molecule has 0 amide bonds. The molecule has 2 aromatic rings. The van der Waals surface area contributed by atoms with Gasteiger partial charge in [0, 0.05) is 10.6 Å². The Bertz CT molecular complexity index is 572. The summed E-state index contributed by atoms with van der Waals surface area (Å²) in [4.78, 5) is 9.58. The van der Waals surface area contributed by atoms with Crippen molar-refractivity contribution in [3.8, 4) is 0 Å². The minimum Gasteiger partial charge on any atom is -0.409 e. The number of amidine groups is 1. The van der Waals surface area contributed by atoms with Gasteiger partial charge in [-0.3, -0.25) is 0 Å². The maximum atomic E-state index is 8.66. The molecular weight excluding hydrogens is 248 g/mol. The number of nitrogens with two attached hydrogens (primary N) is 1. The molecule has 0 saturated heterocycles. The fourth-order valence-electron chi connectivity index (χ4n) is 1.36. The van der Waals surface area contributed by atoms with E-state index in [1.165, 1.54) is 11.8 Å². The van der Waals surface area contributed by atoms with Gasteiger partial charge in [0.25, 0.3) is 0 Å². The zero-order valence-electron chi connectivity index (χ0n) is 9.74. The summed E-state index contributed by atoms with van der Waals surface area (Å²) in [5.41, 5.74) is 6.71. The lowest BCUT2D eigenvalue weighted by atomic mass is 10.3. The van der Waals surface area contributed by atoms with Crippen LogP contribution in [0.3, 0.4) is 0 Å². The fraction of sp³-hybridized carbons (Fsp3) is 0.0833. The molecule has 1 aromatic carbocycles. The first-order valence-electron chi connectivity index (χ1n) is 5.25. The highest BCUT2D eigenvalue weighted by atomic mass is 32.2. The predicted molar refractivity (Wildman–Crippen MR) is 69.8 cm³/mol. The Morgan fingerprint density at radius 1 is 1.28 bits per heavy atom. The van der Waals surface area contributed by atoms with Crippen LogP contribution in [-0.2, 0) is 0 Å². The van der Waals surface area contributed by atoms with Crippen LogP contribution in [0.2, 0.25) is 0 Å². The van der Waals surface area contributed by atoms with Gasteiger partial charge in [0.2, 0.25) is 0 Å². The van der Waals surface area contributed by atoms with E-state index in [-0.39, 0.29) is 5.84 Å². The summed E-state index contributed by atoms with van der Waals surface area (Å²) < 4.78 is 0. The SMILES string of the molecule is Cc1cc(/C(N)=N/O)nc(Sc2ccccc2)n1. The van der Waals surface area contributed by atoms with E-state index < -0.39 is 0 Å². The first kappa shape index (κ1) is 12.4. The van der Waals surface area contributed by atoms with E-state index in [9.17, 15) is 0 Å².